The van der Waals surface area contributed by atoms with Crippen LogP contribution < -0.4 is 0 Å². The second kappa shape index (κ2) is 8.38. The number of hydrogen-bond acceptors (Lipinski definition) is 6. The van der Waals surface area contributed by atoms with Crippen LogP contribution in [0.15, 0.2) is 51.6 Å². The van der Waals surface area contributed by atoms with Gasteiger partial charge in [-0.2, -0.15) is 0 Å². The maximum Gasteiger partial charge on any atom is 0.316 e. The smallest absolute Gasteiger partial charge is 0.316 e. The number of esters is 1. The SMILES string of the molecule is COC(=O)C1(c2ccccc2)CCN(C(=O)c2csc(-c3cc(Br)cs3)n2)CC1. The summed E-state index contributed by atoms with van der Waals surface area (Å²) in [6, 6.07) is 11.7. The maximum absolute atomic E-state index is 13.0. The fourth-order valence-electron chi connectivity index (χ4n) is 3.73. The van der Waals surface area contributed by atoms with Crippen molar-refractivity contribution in [2.45, 2.75) is 18.3 Å². The molecule has 0 bridgehead atoms. The Morgan fingerprint density at radius 3 is 2.48 bits per heavy atom. The standard InChI is InChI=1S/C21H19BrN2O3S2/c1-27-20(26)21(14-5-3-2-4-6-14)7-9-24(10-8-21)19(25)16-13-29-18(23-16)17-11-15(22)12-28-17/h2-6,11-13H,7-10H2,1H3. The summed E-state index contributed by atoms with van der Waals surface area (Å²) < 4.78 is 6.14. The molecule has 29 heavy (non-hydrogen) atoms. The average molecular weight is 491 g/mol. The van der Waals surface area contributed by atoms with Gasteiger partial charge in [-0.3, -0.25) is 9.59 Å². The van der Waals surface area contributed by atoms with Crippen molar-refractivity contribution < 1.29 is 14.3 Å². The van der Waals surface area contributed by atoms with E-state index < -0.39 is 5.41 Å². The van der Waals surface area contributed by atoms with Gasteiger partial charge in [-0.25, -0.2) is 4.98 Å². The van der Waals surface area contributed by atoms with Gasteiger partial charge in [0.1, 0.15) is 10.7 Å². The van der Waals surface area contributed by atoms with E-state index in [0.29, 0.717) is 31.6 Å². The lowest BCUT2D eigenvalue weighted by molar-refractivity contribution is -0.149. The molecule has 0 unspecified atom stereocenters. The summed E-state index contributed by atoms with van der Waals surface area (Å²) in [6.45, 7) is 0.973. The highest BCUT2D eigenvalue weighted by Gasteiger charge is 2.44. The van der Waals surface area contributed by atoms with Crippen molar-refractivity contribution in [2.24, 2.45) is 0 Å². The van der Waals surface area contributed by atoms with Crippen molar-refractivity contribution in [3.8, 4) is 9.88 Å². The molecule has 0 aliphatic carbocycles. The third kappa shape index (κ3) is 3.89. The van der Waals surface area contributed by atoms with Crippen LogP contribution in [-0.4, -0.2) is 42.0 Å². The van der Waals surface area contributed by atoms with E-state index >= 15 is 0 Å². The quantitative estimate of drug-likeness (QED) is 0.483. The number of thiophene rings is 1. The molecular formula is C21H19BrN2O3S2. The summed E-state index contributed by atoms with van der Waals surface area (Å²) in [5.74, 6) is -0.329. The lowest BCUT2D eigenvalue weighted by Gasteiger charge is -2.39. The Morgan fingerprint density at radius 2 is 1.86 bits per heavy atom. The molecule has 0 N–H and O–H groups in total. The van der Waals surface area contributed by atoms with E-state index in [1.807, 2.05) is 47.2 Å². The Labute approximate surface area is 185 Å². The summed E-state index contributed by atoms with van der Waals surface area (Å²) in [4.78, 5) is 33.0. The van der Waals surface area contributed by atoms with E-state index in [9.17, 15) is 9.59 Å². The van der Waals surface area contributed by atoms with Gasteiger partial charge in [-0.15, -0.1) is 22.7 Å². The maximum atomic E-state index is 13.0. The molecule has 1 amide bonds. The average Bonchev–Trinajstić information content (AvgIpc) is 3.42. The number of methoxy groups -OCH3 is 1. The Morgan fingerprint density at radius 1 is 1.14 bits per heavy atom. The number of thiazole rings is 1. The molecule has 4 rings (SSSR count). The summed E-state index contributed by atoms with van der Waals surface area (Å²) in [6.07, 6.45) is 1.06. The van der Waals surface area contributed by atoms with Crippen molar-refractivity contribution in [1.29, 1.82) is 0 Å². The summed E-state index contributed by atoms with van der Waals surface area (Å²) in [7, 11) is 1.42. The normalized spacial score (nSPS) is 15.9. The van der Waals surface area contributed by atoms with Crippen LogP contribution in [-0.2, 0) is 14.9 Å². The van der Waals surface area contributed by atoms with Crippen LogP contribution in [0.1, 0.15) is 28.9 Å². The number of ether oxygens (including phenoxy) is 1. The third-order valence-corrected chi connectivity index (χ3v) is 8.01. The Bertz CT molecular complexity index is 1020. The summed E-state index contributed by atoms with van der Waals surface area (Å²) in [5.41, 5.74) is 0.696. The van der Waals surface area contributed by atoms with E-state index in [4.69, 9.17) is 4.74 Å². The molecule has 1 aliphatic heterocycles. The molecule has 3 aromatic rings. The molecule has 150 valence electrons. The van der Waals surface area contributed by atoms with Gasteiger partial charge in [0.15, 0.2) is 0 Å². The number of aromatic nitrogens is 1. The van der Waals surface area contributed by atoms with Crippen LogP contribution in [0.4, 0.5) is 0 Å². The second-order valence-electron chi connectivity index (χ2n) is 6.90. The first-order valence-corrected chi connectivity index (χ1v) is 11.7. The van der Waals surface area contributed by atoms with Gasteiger partial charge in [0.2, 0.25) is 0 Å². The zero-order valence-electron chi connectivity index (χ0n) is 15.8. The van der Waals surface area contributed by atoms with Crippen molar-refractivity contribution in [1.82, 2.24) is 9.88 Å². The molecule has 0 spiro atoms. The highest BCUT2D eigenvalue weighted by Crippen LogP contribution is 2.37. The van der Waals surface area contributed by atoms with E-state index in [1.165, 1.54) is 18.4 Å². The van der Waals surface area contributed by atoms with Gasteiger partial charge in [0, 0.05) is 28.3 Å². The van der Waals surface area contributed by atoms with E-state index in [0.717, 1.165) is 19.9 Å². The van der Waals surface area contributed by atoms with Gasteiger partial charge >= 0.3 is 5.97 Å². The molecule has 5 nitrogen and oxygen atoms in total. The number of rotatable bonds is 4. The Balaban J connectivity index is 1.51. The van der Waals surface area contributed by atoms with Crippen molar-refractivity contribution in [3.63, 3.8) is 0 Å². The van der Waals surface area contributed by atoms with Crippen LogP contribution in [0.25, 0.3) is 9.88 Å². The van der Waals surface area contributed by atoms with E-state index in [1.54, 1.807) is 16.2 Å². The highest BCUT2D eigenvalue weighted by molar-refractivity contribution is 9.10. The van der Waals surface area contributed by atoms with Crippen LogP contribution in [0.2, 0.25) is 0 Å². The summed E-state index contributed by atoms with van der Waals surface area (Å²) in [5, 5.41) is 4.65. The predicted octanol–water partition coefficient (Wildman–Crippen LogP) is 4.98. The van der Waals surface area contributed by atoms with Crippen molar-refractivity contribution >= 4 is 50.5 Å². The molecule has 1 fully saturated rings. The van der Waals surface area contributed by atoms with Gasteiger partial charge in [-0.1, -0.05) is 30.3 Å². The number of piperidine rings is 1. The predicted molar refractivity (Wildman–Crippen MR) is 118 cm³/mol. The first-order chi connectivity index (χ1) is 14.0. The topological polar surface area (TPSA) is 59.5 Å². The van der Waals surface area contributed by atoms with Gasteiger partial charge < -0.3 is 9.64 Å². The number of amides is 1. The number of benzene rings is 1. The Kier molecular flexibility index (Phi) is 5.85. The molecule has 1 aliphatic rings. The summed E-state index contributed by atoms with van der Waals surface area (Å²) >= 11 is 6.51. The molecule has 8 heteroatoms. The minimum atomic E-state index is -0.705. The monoisotopic (exact) mass is 490 g/mol. The fraction of sp³-hybridized carbons (Fsp3) is 0.286. The zero-order valence-corrected chi connectivity index (χ0v) is 19.0. The van der Waals surface area contributed by atoms with Crippen molar-refractivity contribution in [2.75, 3.05) is 20.2 Å². The minimum Gasteiger partial charge on any atom is -0.468 e. The van der Waals surface area contributed by atoms with Crippen LogP contribution in [0.5, 0.6) is 0 Å². The number of halogens is 1. The van der Waals surface area contributed by atoms with Crippen molar-refractivity contribution in [3.05, 3.63) is 62.9 Å². The molecule has 3 heterocycles. The highest BCUT2D eigenvalue weighted by atomic mass is 79.9. The van der Waals surface area contributed by atoms with Gasteiger partial charge in [0.05, 0.1) is 17.4 Å². The third-order valence-electron chi connectivity index (χ3n) is 5.31. The molecule has 0 saturated carbocycles. The molecule has 0 atom stereocenters. The molecule has 1 aromatic carbocycles. The molecule has 0 radical (unpaired) electrons. The van der Waals surface area contributed by atoms with Crippen LogP contribution in [0, 0.1) is 0 Å². The Hall–Kier alpha value is -2.03. The lowest BCUT2D eigenvalue weighted by atomic mass is 9.72. The second-order valence-corrected chi connectivity index (χ2v) is 9.58. The lowest BCUT2D eigenvalue weighted by Crippen LogP contribution is -2.49. The van der Waals surface area contributed by atoms with E-state index in [-0.39, 0.29) is 11.9 Å². The largest absolute Gasteiger partial charge is 0.468 e. The van der Waals surface area contributed by atoms with Crippen LogP contribution in [0.3, 0.4) is 0 Å². The number of nitrogens with zero attached hydrogens (tertiary/aromatic N) is 2. The number of hydrogen-bond donors (Lipinski definition) is 0. The van der Waals surface area contributed by atoms with Gasteiger partial charge in [-0.05, 0) is 40.4 Å². The molecule has 2 aromatic heterocycles. The molecular weight excluding hydrogens is 472 g/mol. The fourth-order valence-corrected chi connectivity index (χ4v) is 6.03. The van der Waals surface area contributed by atoms with E-state index in [2.05, 4.69) is 20.9 Å². The molecule has 1 saturated heterocycles. The minimum absolute atomic E-state index is 0.0883. The van der Waals surface area contributed by atoms with Gasteiger partial charge in [0.25, 0.3) is 5.91 Å². The number of likely N-dealkylation sites (tertiary alicyclic amines) is 1. The van der Waals surface area contributed by atoms with Crippen LogP contribution >= 0.6 is 38.6 Å². The zero-order chi connectivity index (χ0) is 20.4. The number of carbonyl (C=O) groups excluding carboxylic acids is 2. The number of carbonyl (C=O) groups is 2. The first-order valence-electron chi connectivity index (χ1n) is 9.17. The first kappa shape index (κ1) is 20.3.